The summed E-state index contributed by atoms with van der Waals surface area (Å²) in [6, 6.07) is 4.11. The lowest BCUT2D eigenvalue weighted by Crippen LogP contribution is -2.29. The van der Waals surface area contributed by atoms with Gasteiger partial charge in [0.25, 0.3) is 0 Å². The molecule has 0 saturated heterocycles. The number of hydrogen-bond donors (Lipinski definition) is 2. The minimum atomic E-state index is -0.302. The normalized spacial score (nSPS) is 23.6. The molecule has 2 aromatic rings. The zero-order valence-corrected chi connectivity index (χ0v) is 11.6. The van der Waals surface area contributed by atoms with Crippen molar-refractivity contribution in [1.82, 2.24) is 19.8 Å². The topological polar surface area (TPSA) is 75.1 Å². The molecule has 0 radical (unpaired) electrons. The van der Waals surface area contributed by atoms with Gasteiger partial charge in [-0.25, -0.2) is 9.89 Å². The van der Waals surface area contributed by atoms with E-state index in [4.69, 9.17) is 0 Å². The maximum atomic E-state index is 11.5. The largest absolute Gasteiger partial charge is 0.366 e. The highest BCUT2D eigenvalue weighted by atomic mass is 32.2. The average Bonchev–Trinajstić information content (AvgIpc) is 2.80. The van der Waals surface area contributed by atoms with E-state index in [1.54, 1.807) is 6.07 Å². The molecule has 6 nitrogen and oxygen atoms in total. The number of aromatic amines is 1. The second-order valence-electron chi connectivity index (χ2n) is 4.88. The highest BCUT2D eigenvalue weighted by Crippen LogP contribution is 2.28. The van der Waals surface area contributed by atoms with Gasteiger partial charge in [0.15, 0.2) is 5.65 Å². The Morgan fingerprint density at radius 3 is 3.21 bits per heavy atom. The van der Waals surface area contributed by atoms with E-state index in [1.807, 2.05) is 17.8 Å². The van der Waals surface area contributed by atoms with Gasteiger partial charge in [-0.2, -0.15) is 21.4 Å². The van der Waals surface area contributed by atoms with E-state index in [-0.39, 0.29) is 5.69 Å². The number of hydrogen-bond acceptors (Lipinski definition) is 5. The van der Waals surface area contributed by atoms with Crippen LogP contribution in [0.2, 0.25) is 0 Å². The minimum Gasteiger partial charge on any atom is -0.366 e. The lowest BCUT2D eigenvalue weighted by molar-refractivity contribution is 0.472. The van der Waals surface area contributed by atoms with Crippen LogP contribution in [-0.2, 0) is 0 Å². The zero-order chi connectivity index (χ0) is 13.2. The summed E-state index contributed by atoms with van der Waals surface area (Å²) in [4.78, 5) is 11.5. The first-order chi connectivity index (χ1) is 9.26. The summed E-state index contributed by atoms with van der Waals surface area (Å²) in [5.74, 6) is 0.739. The van der Waals surface area contributed by atoms with Crippen LogP contribution in [0.3, 0.4) is 0 Å². The molecule has 2 aromatic heterocycles. The Morgan fingerprint density at radius 1 is 1.47 bits per heavy atom. The van der Waals surface area contributed by atoms with E-state index < -0.39 is 0 Å². The summed E-state index contributed by atoms with van der Waals surface area (Å²) < 4.78 is 1.29. The highest BCUT2D eigenvalue weighted by Gasteiger charge is 2.21. The van der Waals surface area contributed by atoms with Gasteiger partial charge in [0.05, 0.1) is 0 Å². The summed E-state index contributed by atoms with van der Waals surface area (Å²) >= 11 is 1.94. The number of aromatic nitrogens is 4. The molecule has 0 bridgehead atoms. The third-order valence-electron chi connectivity index (χ3n) is 3.58. The van der Waals surface area contributed by atoms with Crippen molar-refractivity contribution in [2.75, 3.05) is 11.6 Å². The van der Waals surface area contributed by atoms with E-state index >= 15 is 0 Å². The number of rotatable bonds is 3. The van der Waals surface area contributed by atoms with Crippen molar-refractivity contribution < 1.29 is 0 Å². The van der Waals surface area contributed by atoms with Crippen molar-refractivity contribution >= 4 is 23.2 Å². The van der Waals surface area contributed by atoms with E-state index in [0.717, 1.165) is 23.9 Å². The zero-order valence-electron chi connectivity index (χ0n) is 10.8. The van der Waals surface area contributed by atoms with Crippen molar-refractivity contribution in [2.24, 2.45) is 0 Å². The molecule has 0 aliphatic heterocycles. The van der Waals surface area contributed by atoms with Gasteiger partial charge in [0.1, 0.15) is 5.82 Å². The number of thioether (sulfide) groups is 1. The molecule has 1 aliphatic carbocycles. The molecule has 102 valence electrons. The standard InChI is InChI=1S/C12H17N5OS/c1-19-9-4-2-3-8(7-9)13-10-5-6-11-14-15-12(18)17(11)16-10/h5-6,8-9H,2-4,7H2,1H3,(H,13,16)(H,15,18). The first-order valence-electron chi connectivity index (χ1n) is 6.50. The van der Waals surface area contributed by atoms with Gasteiger partial charge in [-0.05, 0) is 37.7 Å². The quantitative estimate of drug-likeness (QED) is 0.890. The van der Waals surface area contributed by atoms with Crippen LogP contribution in [0, 0.1) is 0 Å². The maximum Gasteiger partial charge on any atom is 0.364 e. The lowest BCUT2D eigenvalue weighted by Gasteiger charge is -2.28. The van der Waals surface area contributed by atoms with Gasteiger partial charge in [-0.3, -0.25) is 0 Å². The van der Waals surface area contributed by atoms with Gasteiger partial charge in [-0.15, -0.1) is 5.10 Å². The van der Waals surface area contributed by atoms with Gasteiger partial charge >= 0.3 is 5.69 Å². The predicted octanol–water partition coefficient (Wildman–Crippen LogP) is 1.50. The van der Waals surface area contributed by atoms with Crippen LogP contribution in [0.25, 0.3) is 5.65 Å². The van der Waals surface area contributed by atoms with Crippen LogP contribution in [0.1, 0.15) is 25.7 Å². The molecular formula is C12H17N5OS. The molecule has 1 aliphatic rings. The number of nitrogens with zero attached hydrogens (tertiary/aromatic N) is 3. The molecular weight excluding hydrogens is 262 g/mol. The lowest BCUT2D eigenvalue weighted by atomic mass is 9.95. The van der Waals surface area contributed by atoms with E-state index in [9.17, 15) is 4.79 Å². The van der Waals surface area contributed by atoms with Crippen molar-refractivity contribution in [3.8, 4) is 0 Å². The van der Waals surface area contributed by atoms with Gasteiger partial charge in [0, 0.05) is 11.3 Å². The molecule has 1 fully saturated rings. The van der Waals surface area contributed by atoms with Crippen LogP contribution in [0.15, 0.2) is 16.9 Å². The summed E-state index contributed by atoms with van der Waals surface area (Å²) in [6.07, 6.45) is 7.03. The van der Waals surface area contributed by atoms with Crippen LogP contribution in [0.5, 0.6) is 0 Å². The second-order valence-corrected chi connectivity index (χ2v) is 6.02. The van der Waals surface area contributed by atoms with Crippen LogP contribution < -0.4 is 11.0 Å². The molecule has 0 aromatic carbocycles. The molecule has 2 atom stereocenters. The number of fused-ring (bicyclic) bond motifs is 1. The molecule has 3 rings (SSSR count). The van der Waals surface area contributed by atoms with Crippen molar-refractivity contribution in [3.05, 3.63) is 22.6 Å². The molecule has 19 heavy (non-hydrogen) atoms. The third kappa shape index (κ3) is 2.60. The number of nitrogens with one attached hydrogen (secondary N) is 2. The highest BCUT2D eigenvalue weighted by molar-refractivity contribution is 7.99. The van der Waals surface area contributed by atoms with Gasteiger partial charge in [-0.1, -0.05) is 6.42 Å². The summed E-state index contributed by atoms with van der Waals surface area (Å²) in [7, 11) is 0. The fourth-order valence-electron chi connectivity index (χ4n) is 2.58. The summed E-state index contributed by atoms with van der Waals surface area (Å²) in [6.45, 7) is 0. The monoisotopic (exact) mass is 279 g/mol. The molecule has 2 N–H and O–H groups in total. The van der Waals surface area contributed by atoms with E-state index in [2.05, 4.69) is 26.9 Å². The van der Waals surface area contributed by atoms with E-state index in [1.165, 1.54) is 17.4 Å². The molecule has 2 unspecified atom stereocenters. The number of anilines is 1. The minimum absolute atomic E-state index is 0.302. The van der Waals surface area contributed by atoms with Gasteiger partial charge < -0.3 is 5.32 Å². The fourth-order valence-corrected chi connectivity index (χ4v) is 3.41. The third-order valence-corrected chi connectivity index (χ3v) is 4.68. The predicted molar refractivity (Wildman–Crippen MR) is 76.8 cm³/mol. The Kier molecular flexibility index (Phi) is 3.46. The van der Waals surface area contributed by atoms with Crippen LogP contribution >= 0.6 is 11.8 Å². The number of H-pyrrole nitrogens is 1. The molecule has 0 spiro atoms. The van der Waals surface area contributed by atoms with Crippen molar-refractivity contribution in [2.45, 2.75) is 37.0 Å². The Labute approximate surface area is 115 Å². The Hall–Kier alpha value is -1.50. The fraction of sp³-hybridized carbons (Fsp3) is 0.583. The van der Waals surface area contributed by atoms with Crippen LogP contribution in [-0.4, -0.2) is 37.4 Å². The SMILES string of the molecule is CSC1CCCC(Nc2ccc3n[nH]c(=O)n3n2)C1. The van der Waals surface area contributed by atoms with Crippen molar-refractivity contribution in [3.63, 3.8) is 0 Å². The van der Waals surface area contributed by atoms with Gasteiger partial charge in [0.2, 0.25) is 0 Å². The Balaban J connectivity index is 1.77. The van der Waals surface area contributed by atoms with Crippen LogP contribution in [0.4, 0.5) is 5.82 Å². The molecule has 1 saturated carbocycles. The van der Waals surface area contributed by atoms with Crippen molar-refractivity contribution in [1.29, 1.82) is 0 Å². The Bertz CT molecular complexity index is 622. The summed E-state index contributed by atoms with van der Waals surface area (Å²) in [5.41, 5.74) is 0.241. The molecule has 0 amide bonds. The average molecular weight is 279 g/mol. The van der Waals surface area contributed by atoms with E-state index in [0.29, 0.717) is 11.7 Å². The first-order valence-corrected chi connectivity index (χ1v) is 7.79. The molecule has 2 heterocycles. The first kappa shape index (κ1) is 12.5. The smallest absolute Gasteiger partial charge is 0.364 e. The second kappa shape index (κ2) is 5.24. The Morgan fingerprint density at radius 2 is 2.37 bits per heavy atom. The maximum absolute atomic E-state index is 11.5. The molecule has 7 heteroatoms. The summed E-state index contributed by atoms with van der Waals surface area (Å²) in [5, 5.41) is 14.7.